The summed E-state index contributed by atoms with van der Waals surface area (Å²) in [6, 6.07) is 11.4. The maximum absolute atomic E-state index is 13.0. The zero-order valence-electron chi connectivity index (χ0n) is 18.5. The van der Waals surface area contributed by atoms with E-state index < -0.39 is 17.7 Å². The molecule has 2 aromatic carbocycles. The second kappa shape index (κ2) is 10.2. The summed E-state index contributed by atoms with van der Waals surface area (Å²) in [7, 11) is 3.08. The van der Waals surface area contributed by atoms with E-state index in [9.17, 15) is 14.7 Å². The average Bonchev–Trinajstić information content (AvgIpc) is 3.05. The van der Waals surface area contributed by atoms with Crippen molar-refractivity contribution in [1.29, 1.82) is 0 Å². The lowest BCUT2D eigenvalue weighted by atomic mass is 9.94. The maximum Gasteiger partial charge on any atom is 0.295 e. The number of aryl methyl sites for hydroxylation is 1. The van der Waals surface area contributed by atoms with Crippen molar-refractivity contribution in [3.63, 3.8) is 0 Å². The van der Waals surface area contributed by atoms with Crippen molar-refractivity contribution in [1.82, 2.24) is 4.90 Å². The first kappa shape index (κ1) is 23.1. The van der Waals surface area contributed by atoms with Gasteiger partial charge in [-0.25, -0.2) is 0 Å². The number of hydrogen-bond donors (Lipinski definition) is 1. The van der Waals surface area contributed by atoms with Crippen LogP contribution in [0.5, 0.6) is 11.5 Å². The molecule has 32 heavy (non-hydrogen) atoms. The van der Waals surface area contributed by atoms with E-state index in [1.165, 1.54) is 12.0 Å². The molecule has 0 aliphatic carbocycles. The van der Waals surface area contributed by atoms with Crippen LogP contribution in [0.1, 0.15) is 22.7 Å². The molecule has 7 nitrogen and oxygen atoms in total. The second-order valence-electron chi connectivity index (χ2n) is 7.34. The summed E-state index contributed by atoms with van der Waals surface area (Å²) in [6.45, 7) is 6.24. The van der Waals surface area contributed by atoms with Crippen LogP contribution in [0.4, 0.5) is 0 Å². The van der Waals surface area contributed by atoms with Gasteiger partial charge in [-0.1, -0.05) is 24.8 Å². The van der Waals surface area contributed by atoms with Crippen molar-refractivity contribution in [2.75, 3.05) is 34.0 Å². The van der Waals surface area contributed by atoms with E-state index in [1.807, 2.05) is 6.92 Å². The zero-order valence-corrected chi connectivity index (χ0v) is 18.5. The van der Waals surface area contributed by atoms with Crippen molar-refractivity contribution in [3.05, 3.63) is 77.4 Å². The minimum Gasteiger partial charge on any atom is -0.507 e. The number of amides is 1. The first-order chi connectivity index (χ1) is 15.4. The Kier molecular flexibility index (Phi) is 7.33. The molecule has 7 heteroatoms. The third-order valence-electron chi connectivity index (χ3n) is 5.29. The first-order valence-corrected chi connectivity index (χ1v) is 10.2. The molecule has 0 aromatic heterocycles. The number of rotatable bonds is 9. The minimum absolute atomic E-state index is 0.0246. The molecule has 0 radical (unpaired) electrons. The van der Waals surface area contributed by atoms with E-state index in [1.54, 1.807) is 55.7 Å². The summed E-state index contributed by atoms with van der Waals surface area (Å²) >= 11 is 0. The highest BCUT2D eigenvalue weighted by Gasteiger charge is 2.46. The van der Waals surface area contributed by atoms with Gasteiger partial charge < -0.3 is 24.2 Å². The molecule has 168 valence electrons. The van der Waals surface area contributed by atoms with E-state index in [4.69, 9.17) is 14.2 Å². The third kappa shape index (κ3) is 4.53. The summed E-state index contributed by atoms with van der Waals surface area (Å²) < 4.78 is 16.0. The Morgan fingerprint density at radius 2 is 1.97 bits per heavy atom. The molecule has 0 bridgehead atoms. The molecular weight excluding hydrogens is 410 g/mol. The molecule has 0 spiro atoms. The normalized spacial score (nSPS) is 17.5. The summed E-state index contributed by atoms with van der Waals surface area (Å²) in [5, 5.41) is 11.1. The van der Waals surface area contributed by atoms with E-state index >= 15 is 0 Å². The molecule has 2 aromatic rings. The van der Waals surface area contributed by atoms with Gasteiger partial charge in [-0.05, 0) is 48.4 Å². The Labute approximate surface area is 187 Å². The minimum atomic E-state index is -0.778. The molecule has 1 fully saturated rings. The fourth-order valence-corrected chi connectivity index (χ4v) is 3.76. The number of Topliss-reactive ketones (excluding diaryl/α,β-unsaturated/α-hetero) is 1. The van der Waals surface area contributed by atoms with Crippen LogP contribution in [0, 0.1) is 6.92 Å². The van der Waals surface area contributed by atoms with Crippen molar-refractivity contribution in [3.8, 4) is 11.5 Å². The SMILES string of the molecule is C=CCOc1cccc(C2/C(=C(\O)c3ccc(OC)c(C)c3)C(=O)C(=O)N2CCOC)c1. The van der Waals surface area contributed by atoms with Gasteiger partial charge >= 0.3 is 0 Å². The van der Waals surface area contributed by atoms with Gasteiger partial charge in [0, 0.05) is 19.2 Å². The van der Waals surface area contributed by atoms with Crippen LogP contribution >= 0.6 is 0 Å². The number of likely N-dealkylation sites (tertiary alicyclic amines) is 1. The molecule has 0 saturated carbocycles. The van der Waals surface area contributed by atoms with E-state index in [0.29, 0.717) is 29.2 Å². The first-order valence-electron chi connectivity index (χ1n) is 10.2. The predicted molar refractivity (Wildman–Crippen MR) is 121 cm³/mol. The number of carbonyl (C=O) groups excluding carboxylic acids is 2. The van der Waals surface area contributed by atoms with Gasteiger partial charge in [0.2, 0.25) is 0 Å². The number of methoxy groups -OCH3 is 2. The Morgan fingerprint density at radius 3 is 2.62 bits per heavy atom. The second-order valence-corrected chi connectivity index (χ2v) is 7.34. The van der Waals surface area contributed by atoms with Gasteiger partial charge in [-0.15, -0.1) is 0 Å². The summed E-state index contributed by atoms with van der Waals surface area (Å²) in [4.78, 5) is 27.3. The van der Waals surface area contributed by atoms with Crippen LogP contribution in [0.25, 0.3) is 5.76 Å². The average molecular weight is 437 g/mol. The van der Waals surface area contributed by atoms with Gasteiger partial charge in [0.1, 0.15) is 23.9 Å². The number of hydrogen-bond acceptors (Lipinski definition) is 6. The van der Waals surface area contributed by atoms with Crippen LogP contribution in [0.15, 0.2) is 60.7 Å². The highest BCUT2D eigenvalue weighted by atomic mass is 16.5. The van der Waals surface area contributed by atoms with Crippen LogP contribution in [0.3, 0.4) is 0 Å². The van der Waals surface area contributed by atoms with Gasteiger partial charge in [0.15, 0.2) is 0 Å². The molecule has 1 aliphatic heterocycles. The molecule has 1 N–H and O–H groups in total. The highest BCUT2D eigenvalue weighted by molar-refractivity contribution is 6.46. The number of aliphatic hydroxyl groups is 1. The summed E-state index contributed by atoms with van der Waals surface area (Å²) in [6.07, 6.45) is 1.63. The molecule has 3 rings (SSSR count). The predicted octanol–water partition coefficient (Wildman–Crippen LogP) is 3.64. The van der Waals surface area contributed by atoms with Crippen LogP contribution in [0.2, 0.25) is 0 Å². The van der Waals surface area contributed by atoms with Crippen LogP contribution in [-0.4, -0.2) is 55.7 Å². The Bertz CT molecular complexity index is 1060. The fourth-order valence-electron chi connectivity index (χ4n) is 3.76. The highest BCUT2D eigenvalue weighted by Crippen LogP contribution is 2.40. The number of nitrogens with zero attached hydrogens (tertiary/aromatic N) is 1. The van der Waals surface area contributed by atoms with Gasteiger partial charge in [-0.3, -0.25) is 9.59 Å². The quantitative estimate of drug-likeness (QED) is 0.279. The standard InChI is InChI=1S/C25H27NO6/c1-5-12-32-19-8-6-7-17(15-19)22-21(24(28)25(29)26(22)11-13-30-3)23(27)18-9-10-20(31-4)16(2)14-18/h5-10,14-15,22,27H,1,11-13H2,2-4H3/b23-21+. The van der Waals surface area contributed by atoms with Gasteiger partial charge in [0.25, 0.3) is 11.7 Å². The number of carbonyl (C=O) groups is 2. The van der Waals surface area contributed by atoms with Crippen molar-refractivity contribution in [2.45, 2.75) is 13.0 Å². The van der Waals surface area contributed by atoms with Crippen molar-refractivity contribution >= 4 is 17.4 Å². The zero-order chi connectivity index (χ0) is 23.3. The third-order valence-corrected chi connectivity index (χ3v) is 5.29. The number of ether oxygens (including phenoxy) is 3. The van der Waals surface area contributed by atoms with Gasteiger partial charge in [0.05, 0.1) is 25.3 Å². The lowest BCUT2D eigenvalue weighted by molar-refractivity contribution is -0.140. The topological polar surface area (TPSA) is 85.3 Å². The lowest BCUT2D eigenvalue weighted by Gasteiger charge is -2.25. The molecule has 1 saturated heterocycles. The van der Waals surface area contributed by atoms with Crippen LogP contribution < -0.4 is 9.47 Å². The summed E-state index contributed by atoms with van der Waals surface area (Å²) in [5.74, 6) is -0.437. The Morgan fingerprint density at radius 1 is 1.19 bits per heavy atom. The molecule has 1 unspecified atom stereocenters. The van der Waals surface area contributed by atoms with Crippen molar-refractivity contribution < 1.29 is 28.9 Å². The van der Waals surface area contributed by atoms with Gasteiger partial charge in [-0.2, -0.15) is 0 Å². The molecule has 1 heterocycles. The van der Waals surface area contributed by atoms with E-state index in [0.717, 1.165) is 5.56 Å². The van der Waals surface area contributed by atoms with Crippen molar-refractivity contribution in [2.24, 2.45) is 0 Å². The molecule has 1 atom stereocenters. The lowest BCUT2D eigenvalue weighted by Crippen LogP contribution is -2.32. The monoisotopic (exact) mass is 437 g/mol. The Balaban J connectivity index is 2.14. The van der Waals surface area contributed by atoms with E-state index in [2.05, 4.69) is 6.58 Å². The number of aliphatic hydroxyl groups excluding tert-OH is 1. The largest absolute Gasteiger partial charge is 0.507 e. The number of benzene rings is 2. The summed E-state index contributed by atoms with van der Waals surface area (Å²) in [5.41, 5.74) is 1.89. The maximum atomic E-state index is 13.0. The molecule has 1 aliphatic rings. The number of ketones is 1. The van der Waals surface area contributed by atoms with Crippen LogP contribution in [-0.2, 0) is 14.3 Å². The smallest absolute Gasteiger partial charge is 0.295 e. The fraction of sp³-hybridized carbons (Fsp3) is 0.280. The van der Waals surface area contributed by atoms with E-state index in [-0.39, 0.29) is 24.5 Å². The molecule has 1 amide bonds. The molecular formula is C25H27NO6. The Hall–Kier alpha value is -3.58.